The molecule has 0 saturated carbocycles. The summed E-state index contributed by atoms with van der Waals surface area (Å²) in [5.74, 6) is -1.55. The monoisotopic (exact) mass is 348 g/mol. The molecule has 0 spiro atoms. The van der Waals surface area contributed by atoms with Crippen molar-refractivity contribution < 1.29 is 23.9 Å². The topological polar surface area (TPSA) is 93.7 Å². The van der Waals surface area contributed by atoms with Gasteiger partial charge in [0.25, 0.3) is 0 Å². The summed E-state index contributed by atoms with van der Waals surface area (Å²) in [5, 5.41) is 5.64. The SMILES string of the molecule is CCCCC(=O)Nc1ccc(C)cc1N/C(=C/C(=O)OC)C(=O)OC. The molecule has 0 atom stereocenters. The molecule has 0 radical (unpaired) electrons. The number of carbonyl (C=O) groups excluding carboxylic acids is 3. The van der Waals surface area contributed by atoms with Crippen molar-refractivity contribution >= 4 is 29.2 Å². The van der Waals surface area contributed by atoms with Gasteiger partial charge in [0.1, 0.15) is 5.70 Å². The van der Waals surface area contributed by atoms with E-state index in [0.717, 1.165) is 24.5 Å². The molecule has 0 bridgehead atoms. The van der Waals surface area contributed by atoms with Gasteiger partial charge in [-0.1, -0.05) is 19.4 Å². The summed E-state index contributed by atoms with van der Waals surface area (Å²) < 4.78 is 9.21. The molecule has 1 rings (SSSR count). The fraction of sp³-hybridized carbons (Fsp3) is 0.389. The number of esters is 2. The highest BCUT2D eigenvalue weighted by Gasteiger charge is 2.15. The van der Waals surface area contributed by atoms with Crippen molar-refractivity contribution in [1.82, 2.24) is 0 Å². The molecule has 7 heteroatoms. The minimum atomic E-state index is -0.727. The highest BCUT2D eigenvalue weighted by atomic mass is 16.5. The highest BCUT2D eigenvalue weighted by molar-refractivity contribution is 6.01. The van der Waals surface area contributed by atoms with Gasteiger partial charge < -0.3 is 20.1 Å². The van der Waals surface area contributed by atoms with Crippen LogP contribution in [-0.4, -0.2) is 32.1 Å². The Morgan fingerprint density at radius 3 is 2.40 bits per heavy atom. The second-order valence-corrected chi connectivity index (χ2v) is 5.40. The Kier molecular flexibility index (Phi) is 8.18. The zero-order valence-corrected chi connectivity index (χ0v) is 15.0. The molecule has 136 valence electrons. The standard InChI is InChI=1S/C18H24N2O5/c1-5-6-7-16(21)20-13-9-8-12(2)10-14(13)19-15(18(23)25-4)11-17(22)24-3/h8-11,19H,5-7H2,1-4H3,(H,20,21)/b15-11+. The molecule has 25 heavy (non-hydrogen) atoms. The lowest BCUT2D eigenvalue weighted by atomic mass is 10.1. The van der Waals surface area contributed by atoms with Crippen LogP contribution in [0.1, 0.15) is 31.7 Å². The Balaban J connectivity index is 3.10. The van der Waals surface area contributed by atoms with Crippen LogP contribution in [0, 0.1) is 6.92 Å². The Labute approximate surface area is 147 Å². The molecule has 0 aliphatic carbocycles. The normalized spacial score (nSPS) is 10.8. The summed E-state index contributed by atoms with van der Waals surface area (Å²) in [4.78, 5) is 35.3. The van der Waals surface area contributed by atoms with Crippen LogP contribution in [-0.2, 0) is 23.9 Å². The molecule has 0 saturated heterocycles. The van der Waals surface area contributed by atoms with Gasteiger partial charge in [-0.3, -0.25) is 4.79 Å². The van der Waals surface area contributed by atoms with Crippen LogP contribution >= 0.6 is 0 Å². The zero-order chi connectivity index (χ0) is 18.8. The molecule has 0 aliphatic rings. The molecular formula is C18H24N2O5. The van der Waals surface area contributed by atoms with Crippen molar-refractivity contribution in [2.24, 2.45) is 0 Å². The second kappa shape index (κ2) is 10.1. The van der Waals surface area contributed by atoms with E-state index in [9.17, 15) is 14.4 Å². The molecule has 0 aliphatic heterocycles. The van der Waals surface area contributed by atoms with E-state index in [1.165, 1.54) is 14.2 Å². The van der Waals surface area contributed by atoms with E-state index in [1.807, 2.05) is 19.9 Å². The fourth-order valence-electron chi connectivity index (χ4n) is 2.00. The number of ether oxygens (including phenoxy) is 2. The third kappa shape index (κ3) is 6.66. The van der Waals surface area contributed by atoms with Crippen molar-refractivity contribution in [3.05, 3.63) is 35.5 Å². The molecule has 0 unspecified atom stereocenters. The summed E-state index contributed by atoms with van der Waals surface area (Å²) in [6.07, 6.45) is 3.11. The molecule has 0 aromatic heterocycles. The molecule has 0 fully saturated rings. The first-order valence-electron chi connectivity index (χ1n) is 7.96. The first kappa shape index (κ1) is 20.2. The van der Waals surface area contributed by atoms with Crippen LogP contribution in [0.5, 0.6) is 0 Å². The van der Waals surface area contributed by atoms with Gasteiger partial charge in [-0.2, -0.15) is 0 Å². The van der Waals surface area contributed by atoms with Gasteiger partial charge in [0.05, 0.1) is 31.7 Å². The maximum absolute atomic E-state index is 12.0. The number of rotatable bonds is 8. The predicted octanol–water partition coefficient (Wildman–Crippen LogP) is 2.77. The van der Waals surface area contributed by atoms with E-state index in [-0.39, 0.29) is 11.6 Å². The Bertz CT molecular complexity index is 667. The number of carbonyl (C=O) groups is 3. The summed E-state index contributed by atoms with van der Waals surface area (Å²) >= 11 is 0. The van der Waals surface area contributed by atoms with E-state index < -0.39 is 11.9 Å². The van der Waals surface area contributed by atoms with E-state index in [4.69, 9.17) is 0 Å². The number of benzene rings is 1. The van der Waals surface area contributed by atoms with Gasteiger partial charge >= 0.3 is 11.9 Å². The molecule has 1 amide bonds. The minimum absolute atomic E-state index is 0.0935. The molecule has 1 aromatic rings. The average Bonchev–Trinajstić information content (AvgIpc) is 2.60. The van der Waals surface area contributed by atoms with Gasteiger partial charge in [-0.05, 0) is 31.0 Å². The number of hydrogen-bond donors (Lipinski definition) is 2. The summed E-state index contributed by atoms with van der Waals surface area (Å²) in [5.41, 5.74) is 1.80. The molecule has 1 aromatic carbocycles. The molecule has 2 N–H and O–H groups in total. The number of nitrogens with one attached hydrogen (secondary N) is 2. The van der Waals surface area contributed by atoms with E-state index in [2.05, 4.69) is 20.1 Å². The zero-order valence-electron chi connectivity index (χ0n) is 15.0. The summed E-state index contributed by atoms with van der Waals surface area (Å²) in [6, 6.07) is 5.32. The highest BCUT2D eigenvalue weighted by Crippen LogP contribution is 2.25. The fourth-order valence-corrected chi connectivity index (χ4v) is 2.00. The van der Waals surface area contributed by atoms with Crippen molar-refractivity contribution in [3.8, 4) is 0 Å². The lowest BCUT2D eigenvalue weighted by Gasteiger charge is -2.15. The first-order valence-corrected chi connectivity index (χ1v) is 7.96. The summed E-state index contributed by atoms with van der Waals surface area (Å²) in [7, 11) is 2.42. The van der Waals surface area contributed by atoms with E-state index in [0.29, 0.717) is 17.8 Å². The van der Waals surface area contributed by atoms with Crippen LogP contribution in [0.4, 0.5) is 11.4 Å². The largest absolute Gasteiger partial charge is 0.466 e. The van der Waals surface area contributed by atoms with Gasteiger partial charge in [0.15, 0.2) is 0 Å². The van der Waals surface area contributed by atoms with Crippen molar-refractivity contribution in [2.75, 3.05) is 24.9 Å². The minimum Gasteiger partial charge on any atom is -0.466 e. The number of unbranched alkanes of at least 4 members (excludes halogenated alkanes) is 1. The third-order valence-electron chi connectivity index (χ3n) is 3.34. The van der Waals surface area contributed by atoms with E-state index >= 15 is 0 Å². The Morgan fingerprint density at radius 2 is 1.80 bits per heavy atom. The second-order valence-electron chi connectivity index (χ2n) is 5.40. The van der Waals surface area contributed by atoms with E-state index in [1.54, 1.807) is 12.1 Å². The summed E-state index contributed by atoms with van der Waals surface area (Å²) in [6.45, 7) is 3.88. The van der Waals surface area contributed by atoms with Crippen LogP contribution in [0.3, 0.4) is 0 Å². The number of hydrogen-bond acceptors (Lipinski definition) is 6. The average molecular weight is 348 g/mol. The lowest BCUT2D eigenvalue weighted by Crippen LogP contribution is -2.18. The van der Waals surface area contributed by atoms with Crippen LogP contribution < -0.4 is 10.6 Å². The maximum atomic E-state index is 12.0. The molecular weight excluding hydrogens is 324 g/mol. The number of aryl methyl sites for hydroxylation is 1. The predicted molar refractivity (Wildman–Crippen MR) is 95.1 cm³/mol. The Morgan fingerprint density at radius 1 is 1.08 bits per heavy atom. The third-order valence-corrected chi connectivity index (χ3v) is 3.34. The number of amides is 1. The van der Waals surface area contributed by atoms with Gasteiger partial charge in [0.2, 0.25) is 5.91 Å². The lowest BCUT2D eigenvalue weighted by molar-refractivity contribution is -0.138. The molecule has 0 heterocycles. The van der Waals surface area contributed by atoms with Crippen molar-refractivity contribution in [3.63, 3.8) is 0 Å². The van der Waals surface area contributed by atoms with Gasteiger partial charge in [0, 0.05) is 6.42 Å². The number of anilines is 2. The quantitative estimate of drug-likeness (QED) is 0.554. The van der Waals surface area contributed by atoms with Crippen LogP contribution in [0.15, 0.2) is 30.0 Å². The van der Waals surface area contributed by atoms with Crippen LogP contribution in [0.2, 0.25) is 0 Å². The first-order chi connectivity index (χ1) is 11.9. The smallest absolute Gasteiger partial charge is 0.354 e. The molecule has 7 nitrogen and oxygen atoms in total. The Hall–Kier alpha value is -2.83. The van der Waals surface area contributed by atoms with Crippen molar-refractivity contribution in [1.29, 1.82) is 0 Å². The van der Waals surface area contributed by atoms with Crippen LogP contribution in [0.25, 0.3) is 0 Å². The van der Waals surface area contributed by atoms with Crippen molar-refractivity contribution in [2.45, 2.75) is 33.1 Å². The van der Waals surface area contributed by atoms with Gasteiger partial charge in [-0.15, -0.1) is 0 Å². The number of methoxy groups -OCH3 is 2. The van der Waals surface area contributed by atoms with Gasteiger partial charge in [-0.25, -0.2) is 9.59 Å². The maximum Gasteiger partial charge on any atom is 0.354 e.